The molecule has 0 unspecified atom stereocenters. The van der Waals surface area contributed by atoms with Gasteiger partial charge in [0.15, 0.2) is 5.78 Å². The minimum absolute atomic E-state index is 0.232. The standard InChI is InChI=1S/C21H22O3/c1-4-11-24-21(2,3)10-9-15-5-7-16(8-6-15)20-18-14-23-13-17(18)12-19(20)22/h4-8,17H,1,11-14H2,2-3H3/t17-/m0/s1. The van der Waals surface area contributed by atoms with E-state index in [0.29, 0.717) is 26.2 Å². The Bertz CT molecular complexity index is 742. The molecule has 0 bridgehead atoms. The lowest BCUT2D eigenvalue weighted by molar-refractivity contribution is -0.113. The first-order valence-electron chi connectivity index (χ1n) is 8.22. The summed E-state index contributed by atoms with van der Waals surface area (Å²) >= 11 is 0. The summed E-state index contributed by atoms with van der Waals surface area (Å²) in [5.74, 6) is 6.78. The molecule has 0 N–H and O–H groups in total. The zero-order valence-electron chi connectivity index (χ0n) is 14.2. The molecule has 1 atom stereocenters. The van der Waals surface area contributed by atoms with Crippen molar-refractivity contribution < 1.29 is 14.3 Å². The van der Waals surface area contributed by atoms with Gasteiger partial charge in [-0.3, -0.25) is 4.79 Å². The van der Waals surface area contributed by atoms with Crippen molar-refractivity contribution in [3.8, 4) is 11.8 Å². The summed E-state index contributed by atoms with van der Waals surface area (Å²) in [4.78, 5) is 12.3. The maximum Gasteiger partial charge on any atom is 0.164 e. The highest BCUT2D eigenvalue weighted by atomic mass is 16.5. The van der Waals surface area contributed by atoms with Gasteiger partial charge in [0.05, 0.1) is 19.8 Å². The molecule has 0 saturated carbocycles. The quantitative estimate of drug-likeness (QED) is 0.630. The molecule has 1 saturated heterocycles. The molecule has 1 aliphatic heterocycles. The highest BCUT2D eigenvalue weighted by Gasteiger charge is 2.36. The van der Waals surface area contributed by atoms with Crippen LogP contribution in [0.25, 0.3) is 5.57 Å². The number of rotatable bonds is 4. The fourth-order valence-electron chi connectivity index (χ4n) is 3.09. The Kier molecular flexibility index (Phi) is 4.71. The summed E-state index contributed by atoms with van der Waals surface area (Å²) in [6.07, 6.45) is 2.30. The van der Waals surface area contributed by atoms with Gasteiger partial charge >= 0.3 is 0 Å². The largest absolute Gasteiger partial charge is 0.376 e. The molecule has 1 aromatic rings. The van der Waals surface area contributed by atoms with Crippen molar-refractivity contribution in [1.82, 2.24) is 0 Å². The van der Waals surface area contributed by atoms with Gasteiger partial charge in [-0.2, -0.15) is 0 Å². The Balaban J connectivity index is 1.79. The normalized spacial score (nSPS) is 19.9. The first-order chi connectivity index (χ1) is 11.5. The fraction of sp³-hybridized carbons (Fsp3) is 0.381. The van der Waals surface area contributed by atoms with E-state index in [-0.39, 0.29) is 11.7 Å². The first kappa shape index (κ1) is 16.7. The van der Waals surface area contributed by atoms with E-state index in [4.69, 9.17) is 9.47 Å². The molecule has 1 aromatic carbocycles. The molecule has 3 nitrogen and oxygen atoms in total. The van der Waals surface area contributed by atoms with E-state index in [1.165, 1.54) is 0 Å². The molecule has 1 heterocycles. The number of ether oxygens (including phenoxy) is 2. The zero-order chi connectivity index (χ0) is 17.2. The molecule has 0 aromatic heterocycles. The third-order valence-electron chi connectivity index (χ3n) is 4.34. The highest BCUT2D eigenvalue weighted by molar-refractivity contribution is 6.24. The summed E-state index contributed by atoms with van der Waals surface area (Å²) in [5, 5.41) is 0. The van der Waals surface area contributed by atoms with E-state index < -0.39 is 5.60 Å². The molecule has 1 fully saturated rings. The van der Waals surface area contributed by atoms with Crippen molar-refractivity contribution in [2.24, 2.45) is 5.92 Å². The molecule has 24 heavy (non-hydrogen) atoms. The molecule has 0 spiro atoms. The van der Waals surface area contributed by atoms with Crippen LogP contribution in [0.2, 0.25) is 0 Å². The van der Waals surface area contributed by atoms with Gasteiger partial charge in [-0.1, -0.05) is 30.0 Å². The van der Waals surface area contributed by atoms with Crippen LogP contribution in [0, 0.1) is 17.8 Å². The maximum atomic E-state index is 12.3. The summed E-state index contributed by atoms with van der Waals surface area (Å²) < 4.78 is 11.1. The number of hydrogen-bond donors (Lipinski definition) is 0. The van der Waals surface area contributed by atoms with Crippen LogP contribution in [0.5, 0.6) is 0 Å². The molecule has 124 valence electrons. The van der Waals surface area contributed by atoms with E-state index >= 15 is 0 Å². The van der Waals surface area contributed by atoms with Gasteiger partial charge in [-0.05, 0) is 37.1 Å². The molecule has 3 rings (SSSR count). The van der Waals surface area contributed by atoms with Gasteiger partial charge in [0.2, 0.25) is 0 Å². The minimum atomic E-state index is -0.521. The summed E-state index contributed by atoms with van der Waals surface area (Å²) in [7, 11) is 0. The Morgan fingerprint density at radius 1 is 1.38 bits per heavy atom. The van der Waals surface area contributed by atoms with E-state index in [2.05, 4.69) is 18.4 Å². The second kappa shape index (κ2) is 6.76. The summed E-state index contributed by atoms with van der Waals surface area (Å²) in [5.41, 5.74) is 3.37. The molecule has 1 aliphatic carbocycles. The van der Waals surface area contributed by atoms with Crippen LogP contribution in [0.4, 0.5) is 0 Å². The predicted octanol–water partition coefficient (Wildman–Crippen LogP) is 3.39. The third kappa shape index (κ3) is 3.51. The van der Waals surface area contributed by atoms with Crippen LogP contribution in [0.1, 0.15) is 31.4 Å². The number of benzene rings is 1. The SMILES string of the molecule is C=CCOC(C)(C)C#Cc1ccc(C2=C3COC[C@@H]3CC2=O)cc1. The van der Waals surface area contributed by atoms with Crippen LogP contribution < -0.4 is 0 Å². The third-order valence-corrected chi connectivity index (χ3v) is 4.34. The average Bonchev–Trinajstić information content (AvgIpc) is 3.12. The molecule has 0 amide bonds. The van der Waals surface area contributed by atoms with Crippen molar-refractivity contribution in [1.29, 1.82) is 0 Å². The monoisotopic (exact) mass is 322 g/mol. The van der Waals surface area contributed by atoms with Crippen LogP contribution >= 0.6 is 0 Å². The van der Waals surface area contributed by atoms with Crippen LogP contribution in [0.3, 0.4) is 0 Å². The van der Waals surface area contributed by atoms with Gasteiger partial charge in [0.1, 0.15) is 5.60 Å². The van der Waals surface area contributed by atoms with Crippen molar-refractivity contribution in [3.05, 3.63) is 53.6 Å². The van der Waals surface area contributed by atoms with E-state index in [0.717, 1.165) is 22.3 Å². The Morgan fingerprint density at radius 2 is 2.12 bits per heavy atom. The second-order valence-corrected chi connectivity index (χ2v) is 6.68. The molecule has 0 radical (unpaired) electrons. The number of Topliss-reactive ketones (excluding diaryl/α,β-unsaturated/α-hetero) is 1. The fourth-order valence-corrected chi connectivity index (χ4v) is 3.09. The molecule has 3 heteroatoms. The van der Waals surface area contributed by atoms with Crippen molar-refractivity contribution in [2.75, 3.05) is 19.8 Å². The Hall–Kier alpha value is -2.15. The van der Waals surface area contributed by atoms with Gasteiger partial charge in [-0.15, -0.1) is 6.58 Å². The lowest BCUT2D eigenvalue weighted by Gasteiger charge is -2.17. The maximum absolute atomic E-state index is 12.3. The number of fused-ring (bicyclic) bond motifs is 1. The van der Waals surface area contributed by atoms with Gasteiger partial charge in [0, 0.05) is 23.5 Å². The smallest absolute Gasteiger partial charge is 0.164 e. The van der Waals surface area contributed by atoms with Crippen molar-refractivity contribution in [3.63, 3.8) is 0 Å². The predicted molar refractivity (Wildman–Crippen MR) is 94.4 cm³/mol. The zero-order valence-corrected chi connectivity index (χ0v) is 14.2. The second-order valence-electron chi connectivity index (χ2n) is 6.68. The van der Waals surface area contributed by atoms with E-state index in [9.17, 15) is 4.79 Å². The minimum Gasteiger partial charge on any atom is -0.376 e. The molecular weight excluding hydrogens is 300 g/mol. The first-order valence-corrected chi connectivity index (χ1v) is 8.22. The van der Waals surface area contributed by atoms with Gasteiger partial charge < -0.3 is 9.47 Å². The van der Waals surface area contributed by atoms with Gasteiger partial charge in [0.25, 0.3) is 0 Å². The number of allylic oxidation sites excluding steroid dienone is 1. The van der Waals surface area contributed by atoms with E-state index in [1.54, 1.807) is 6.08 Å². The number of hydrogen-bond acceptors (Lipinski definition) is 3. The van der Waals surface area contributed by atoms with Crippen LogP contribution in [-0.2, 0) is 14.3 Å². The molecular formula is C21H22O3. The number of ketones is 1. The van der Waals surface area contributed by atoms with E-state index in [1.807, 2.05) is 38.1 Å². The molecule has 2 aliphatic rings. The Morgan fingerprint density at radius 3 is 2.83 bits per heavy atom. The Labute approximate surface area is 143 Å². The lowest BCUT2D eigenvalue weighted by Crippen LogP contribution is -2.21. The lowest BCUT2D eigenvalue weighted by atomic mass is 9.99. The van der Waals surface area contributed by atoms with Crippen LogP contribution in [0.15, 0.2) is 42.5 Å². The number of carbonyl (C=O) groups is 1. The van der Waals surface area contributed by atoms with Crippen molar-refractivity contribution in [2.45, 2.75) is 25.9 Å². The highest BCUT2D eigenvalue weighted by Crippen LogP contribution is 2.39. The average molecular weight is 322 g/mol. The van der Waals surface area contributed by atoms with Gasteiger partial charge in [-0.25, -0.2) is 0 Å². The topological polar surface area (TPSA) is 35.5 Å². The summed E-state index contributed by atoms with van der Waals surface area (Å²) in [6, 6.07) is 7.86. The van der Waals surface area contributed by atoms with Crippen LogP contribution in [-0.4, -0.2) is 31.2 Å². The van der Waals surface area contributed by atoms with Crippen molar-refractivity contribution >= 4 is 11.4 Å². The summed E-state index contributed by atoms with van der Waals surface area (Å²) in [6.45, 7) is 9.24. The number of carbonyl (C=O) groups excluding carboxylic acids is 1.